The van der Waals surface area contributed by atoms with Gasteiger partial charge in [0, 0.05) is 11.0 Å². The first kappa shape index (κ1) is 19.0. The van der Waals surface area contributed by atoms with Crippen molar-refractivity contribution in [2.75, 3.05) is 18.5 Å². The highest BCUT2D eigenvalue weighted by Crippen LogP contribution is 2.17. The number of amides is 2. The molecule has 6 heteroatoms. The third-order valence-electron chi connectivity index (χ3n) is 3.45. The summed E-state index contributed by atoms with van der Waals surface area (Å²) in [6, 6.07) is 14.1. The molecule has 0 saturated heterocycles. The van der Waals surface area contributed by atoms with Gasteiger partial charge in [-0.05, 0) is 42.8 Å². The van der Waals surface area contributed by atoms with Crippen molar-refractivity contribution in [2.45, 2.75) is 19.8 Å². The van der Waals surface area contributed by atoms with Crippen molar-refractivity contribution in [2.24, 2.45) is 0 Å². The molecule has 0 spiro atoms. The van der Waals surface area contributed by atoms with Crippen molar-refractivity contribution in [3.05, 3.63) is 58.6 Å². The van der Waals surface area contributed by atoms with Crippen LogP contribution in [0.5, 0.6) is 5.75 Å². The van der Waals surface area contributed by atoms with Gasteiger partial charge in [0.15, 0.2) is 6.61 Å². The van der Waals surface area contributed by atoms with Crippen molar-refractivity contribution in [1.29, 1.82) is 0 Å². The lowest BCUT2D eigenvalue weighted by atomic mass is 10.1. The number of anilines is 1. The summed E-state index contributed by atoms with van der Waals surface area (Å²) >= 11 is 3.34. The molecule has 2 amide bonds. The Morgan fingerprint density at radius 3 is 2.52 bits per heavy atom. The normalized spacial score (nSPS) is 10.2. The van der Waals surface area contributed by atoms with Crippen LogP contribution in [0.2, 0.25) is 0 Å². The molecule has 0 aromatic heterocycles. The van der Waals surface area contributed by atoms with Crippen LogP contribution in [-0.2, 0) is 4.79 Å². The van der Waals surface area contributed by atoms with Gasteiger partial charge >= 0.3 is 0 Å². The van der Waals surface area contributed by atoms with Crippen molar-refractivity contribution in [3.8, 4) is 5.75 Å². The summed E-state index contributed by atoms with van der Waals surface area (Å²) in [5, 5.41) is 5.58. The number of hydrogen-bond donors (Lipinski definition) is 2. The van der Waals surface area contributed by atoms with E-state index >= 15 is 0 Å². The van der Waals surface area contributed by atoms with E-state index in [0.29, 0.717) is 23.5 Å². The fraction of sp³-hybridized carbons (Fsp3) is 0.263. The summed E-state index contributed by atoms with van der Waals surface area (Å²) in [4.78, 5) is 24.3. The van der Waals surface area contributed by atoms with E-state index < -0.39 is 0 Å². The number of para-hydroxylation sites is 1. The second kappa shape index (κ2) is 9.84. The molecule has 0 radical (unpaired) electrons. The molecule has 25 heavy (non-hydrogen) atoms. The Morgan fingerprint density at radius 2 is 1.80 bits per heavy atom. The number of ether oxygens (including phenoxy) is 1. The van der Waals surface area contributed by atoms with Crippen molar-refractivity contribution < 1.29 is 14.3 Å². The van der Waals surface area contributed by atoms with Gasteiger partial charge in [-0.1, -0.05) is 41.4 Å². The minimum absolute atomic E-state index is 0.132. The predicted molar refractivity (Wildman–Crippen MR) is 102 cm³/mol. The number of nitrogens with one attached hydrogen (secondary N) is 2. The summed E-state index contributed by atoms with van der Waals surface area (Å²) in [6.07, 6.45) is 1.92. The van der Waals surface area contributed by atoms with Crippen LogP contribution in [0.25, 0.3) is 0 Å². The molecule has 0 atom stereocenters. The molecule has 2 aromatic carbocycles. The van der Waals surface area contributed by atoms with E-state index in [4.69, 9.17) is 4.74 Å². The highest BCUT2D eigenvalue weighted by molar-refractivity contribution is 9.10. The van der Waals surface area contributed by atoms with Gasteiger partial charge in [-0.2, -0.15) is 0 Å². The maximum Gasteiger partial charge on any atom is 0.262 e. The fourth-order valence-electron chi connectivity index (χ4n) is 2.13. The van der Waals surface area contributed by atoms with Gasteiger partial charge < -0.3 is 15.4 Å². The SMILES string of the molecule is CCCCNC(=O)c1ccccc1NC(=O)COc1ccc(Br)cc1. The molecule has 0 unspecified atom stereocenters. The number of carbonyl (C=O) groups excluding carboxylic acids is 2. The van der Waals surface area contributed by atoms with E-state index in [1.807, 2.05) is 12.1 Å². The highest BCUT2D eigenvalue weighted by Gasteiger charge is 2.13. The topological polar surface area (TPSA) is 67.4 Å². The van der Waals surface area contributed by atoms with Crippen LogP contribution in [0, 0.1) is 0 Å². The molecule has 0 aliphatic heterocycles. The minimum Gasteiger partial charge on any atom is -0.484 e. The first-order valence-corrected chi connectivity index (χ1v) is 8.95. The zero-order chi connectivity index (χ0) is 18.1. The van der Waals surface area contributed by atoms with Crippen molar-refractivity contribution >= 4 is 33.4 Å². The first-order valence-electron chi connectivity index (χ1n) is 8.15. The van der Waals surface area contributed by atoms with Gasteiger partial charge in [0.05, 0.1) is 11.3 Å². The Morgan fingerprint density at radius 1 is 1.08 bits per heavy atom. The lowest BCUT2D eigenvalue weighted by Crippen LogP contribution is -2.27. The Bertz CT molecular complexity index is 717. The maximum absolute atomic E-state index is 12.2. The molecule has 0 bridgehead atoms. The van der Waals surface area contributed by atoms with Crippen LogP contribution in [0.3, 0.4) is 0 Å². The van der Waals surface area contributed by atoms with E-state index in [-0.39, 0.29) is 18.4 Å². The second-order valence-corrected chi connectivity index (χ2v) is 6.36. The van der Waals surface area contributed by atoms with Crippen LogP contribution in [0.4, 0.5) is 5.69 Å². The van der Waals surface area contributed by atoms with Crippen LogP contribution in [-0.4, -0.2) is 25.0 Å². The molecular weight excluding hydrogens is 384 g/mol. The van der Waals surface area contributed by atoms with Gasteiger partial charge in [0.1, 0.15) is 5.75 Å². The molecule has 2 N–H and O–H groups in total. The molecule has 2 aromatic rings. The Kier molecular flexibility index (Phi) is 7.47. The van der Waals surface area contributed by atoms with Crippen LogP contribution in [0.15, 0.2) is 53.0 Å². The summed E-state index contributed by atoms with van der Waals surface area (Å²) in [5.41, 5.74) is 0.913. The van der Waals surface area contributed by atoms with Crippen LogP contribution < -0.4 is 15.4 Å². The first-order chi connectivity index (χ1) is 12.1. The molecule has 132 valence electrons. The maximum atomic E-state index is 12.2. The van der Waals surface area contributed by atoms with Crippen LogP contribution in [0.1, 0.15) is 30.1 Å². The van der Waals surface area contributed by atoms with E-state index in [0.717, 1.165) is 17.3 Å². The van der Waals surface area contributed by atoms with E-state index in [2.05, 4.69) is 33.5 Å². The number of rotatable bonds is 8. The van der Waals surface area contributed by atoms with Crippen molar-refractivity contribution in [1.82, 2.24) is 5.32 Å². The van der Waals surface area contributed by atoms with Gasteiger partial charge in [0.25, 0.3) is 11.8 Å². The molecule has 0 heterocycles. The molecule has 5 nitrogen and oxygen atoms in total. The summed E-state index contributed by atoms with van der Waals surface area (Å²) < 4.78 is 6.38. The summed E-state index contributed by atoms with van der Waals surface area (Å²) in [7, 11) is 0. The summed E-state index contributed by atoms with van der Waals surface area (Å²) in [5.74, 6) is 0.0823. The Labute approximate surface area is 155 Å². The lowest BCUT2D eigenvalue weighted by Gasteiger charge is -2.12. The molecule has 0 aliphatic carbocycles. The monoisotopic (exact) mass is 404 g/mol. The van der Waals surface area contributed by atoms with E-state index in [1.54, 1.807) is 36.4 Å². The second-order valence-electron chi connectivity index (χ2n) is 5.45. The van der Waals surface area contributed by atoms with Crippen LogP contribution >= 0.6 is 15.9 Å². The Balaban J connectivity index is 1.93. The minimum atomic E-state index is -0.322. The number of halogens is 1. The zero-order valence-corrected chi connectivity index (χ0v) is 15.6. The fourth-order valence-corrected chi connectivity index (χ4v) is 2.39. The lowest BCUT2D eigenvalue weighted by molar-refractivity contribution is -0.118. The number of hydrogen-bond acceptors (Lipinski definition) is 3. The third kappa shape index (κ3) is 6.23. The predicted octanol–water partition coefficient (Wildman–Crippen LogP) is 4.00. The highest BCUT2D eigenvalue weighted by atomic mass is 79.9. The van der Waals surface area contributed by atoms with Gasteiger partial charge in [-0.3, -0.25) is 9.59 Å². The van der Waals surface area contributed by atoms with Gasteiger partial charge in [-0.25, -0.2) is 0 Å². The number of unbranched alkanes of at least 4 members (excludes halogenated alkanes) is 1. The standard InChI is InChI=1S/C19H21BrN2O3/c1-2-3-12-21-19(24)16-6-4-5-7-17(16)22-18(23)13-25-15-10-8-14(20)9-11-15/h4-11H,2-3,12-13H2,1H3,(H,21,24)(H,22,23). The molecular formula is C19H21BrN2O3. The average molecular weight is 405 g/mol. The zero-order valence-electron chi connectivity index (χ0n) is 14.0. The summed E-state index contributed by atoms with van der Waals surface area (Å²) in [6.45, 7) is 2.55. The van der Waals surface area contributed by atoms with Crippen molar-refractivity contribution in [3.63, 3.8) is 0 Å². The quantitative estimate of drug-likeness (QED) is 0.653. The van der Waals surface area contributed by atoms with E-state index in [9.17, 15) is 9.59 Å². The Hall–Kier alpha value is -2.34. The molecule has 0 fully saturated rings. The molecule has 0 aliphatic rings. The largest absolute Gasteiger partial charge is 0.484 e. The van der Waals surface area contributed by atoms with Gasteiger partial charge in [0.2, 0.25) is 0 Å². The number of benzene rings is 2. The smallest absolute Gasteiger partial charge is 0.262 e. The third-order valence-corrected chi connectivity index (χ3v) is 3.97. The molecule has 2 rings (SSSR count). The average Bonchev–Trinajstić information content (AvgIpc) is 2.62. The molecule has 0 saturated carbocycles. The van der Waals surface area contributed by atoms with Gasteiger partial charge in [-0.15, -0.1) is 0 Å². The number of carbonyl (C=O) groups is 2. The van der Waals surface area contributed by atoms with E-state index in [1.165, 1.54) is 0 Å².